The lowest BCUT2D eigenvalue weighted by Crippen LogP contribution is -2.18. The third-order valence-electron chi connectivity index (χ3n) is 0.783. The van der Waals surface area contributed by atoms with Crippen molar-refractivity contribution in [2.75, 3.05) is 0 Å². The van der Waals surface area contributed by atoms with Gasteiger partial charge in [0.1, 0.15) is 0 Å². The number of rotatable bonds is 0. The van der Waals surface area contributed by atoms with Gasteiger partial charge in [-0.3, -0.25) is 0 Å². The number of aliphatic imine (C=N–C) groups is 1. The van der Waals surface area contributed by atoms with Gasteiger partial charge in [0.25, 0.3) is 0 Å². The van der Waals surface area contributed by atoms with Crippen LogP contribution in [0.25, 0.3) is 0 Å². The Morgan fingerprint density at radius 3 is 2.89 bits per heavy atom. The van der Waals surface area contributed by atoms with Crippen molar-refractivity contribution in [2.45, 2.75) is 5.50 Å². The third kappa shape index (κ3) is 1.85. The van der Waals surface area contributed by atoms with Crippen molar-refractivity contribution in [1.82, 2.24) is 5.32 Å². The summed E-state index contributed by atoms with van der Waals surface area (Å²) in [5.74, 6) is 0. The monoisotopic (exact) mass is 228 g/mol. The van der Waals surface area contributed by atoms with Gasteiger partial charge >= 0.3 is 0 Å². The van der Waals surface area contributed by atoms with Crippen LogP contribution >= 0.6 is 39.1 Å². The minimum absolute atomic E-state index is 0.318. The maximum absolute atomic E-state index is 5.63. The third-order valence-corrected chi connectivity index (χ3v) is 2.25. The highest BCUT2D eigenvalue weighted by Gasteiger charge is 2.11. The molecule has 1 atom stereocenters. The highest BCUT2D eigenvalue weighted by Crippen LogP contribution is 2.19. The van der Waals surface area contributed by atoms with E-state index in [1.165, 1.54) is 0 Å². The van der Waals surface area contributed by atoms with Crippen LogP contribution in [0.15, 0.2) is 15.7 Å². The molecule has 0 amide bonds. The van der Waals surface area contributed by atoms with Crippen LogP contribution in [0, 0.1) is 0 Å². The Kier molecular flexibility index (Phi) is 2.38. The van der Waals surface area contributed by atoms with Gasteiger partial charge in [-0.25, -0.2) is 4.99 Å². The van der Waals surface area contributed by atoms with Crippen LogP contribution in [-0.2, 0) is 0 Å². The average molecular weight is 230 g/mol. The number of nitrogens with zero attached hydrogens (tertiary/aromatic N) is 1. The summed E-state index contributed by atoms with van der Waals surface area (Å²) >= 11 is 14.3. The van der Waals surface area contributed by atoms with Crippen LogP contribution in [0.4, 0.5) is 0 Å². The fourth-order valence-corrected chi connectivity index (χ4v) is 0.975. The normalized spacial score (nSPS) is 26.3. The summed E-state index contributed by atoms with van der Waals surface area (Å²) in [6.45, 7) is 0. The highest BCUT2D eigenvalue weighted by molar-refractivity contribution is 9.11. The number of alkyl halides is 1. The smallest absolute Gasteiger partial charge is 0.197 e. The SMILES string of the molecule is ClC1=NC(Cl)C(Br)=CN1. The quantitative estimate of drug-likeness (QED) is 0.499. The zero-order valence-corrected chi connectivity index (χ0v) is 7.33. The molecule has 0 aromatic heterocycles. The van der Waals surface area contributed by atoms with Crippen molar-refractivity contribution >= 4 is 44.4 Å². The molecule has 0 fully saturated rings. The molecule has 0 saturated carbocycles. The summed E-state index contributed by atoms with van der Waals surface area (Å²) in [5.41, 5.74) is -0.376. The van der Waals surface area contributed by atoms with E-state index in [9.17, 15) is 0 Å². The van der Waals surface area contributed by atoms with Crippen molar-refractivity contribution in [3.63, 3.8) is 0 Å². The largest absolute Gasteiger partial charge is 0.336 e. The summed E-state index contributed by atoms with van der Waals surface area (Å²) in [6, 6.07) is 0. The van der Waals surface area contributed by atoms with Crippen molar-refractivity contribution in [3.8, 4) is 0 Å². The summed E-state index contributed by atoms with van der Waals surface area (Å²) < 4.78 is 0.786. The number of nitrogens with one attached hydrogen (secondary N) is 1. The summed E-state index contributed by atoms with van der Waals surface area (Å²) in [5, 5.41) is 3.00. The summed E-state index contributed by atoms with van der Waals surface area (Å²) in [7, 11) is 0. The van der Waals surface area contributed by atoms with Crippen LogP contribution in [0.3, 0.4) is 0 Å². The van der Waals surface area contributed by atoms with Crippen molar-refractivity contribution < 1.29 is 0 Å². The van der Waals surface area contributed by atoms with E-state index in [1.807, 2.05) is 0 Å². The Labute approximate surface area is 71.1 Å². The Bertz CT molecular complexity index is 177. The first-order valence-electron chi connectivity index (χ1n) is 2.19. The number of halogens is 3. The van der Waals surface area contributed by atoms with Crippen LogP contribution in [0.1, 0.15) is 0 Å². The van der Waals surface area contributed by atoms with E-state index in [1.54, 1.807) is 6.20 Å². The Hall–Kier alpha value is 0.270. The Balaban J connectivity index is 2.70. The molecular formula is C4H3BrCl2N2. The van der Waals surface area contributed by atoms with Crippen molar-refractivity contribution in [3.05, 3.63) is 10.7 Å². The minimum atomic E-state index is -0.376. The molecule has 1 rings (SSSR count). The molecule has 0 spiro atoms. The molecular weight excluding hydrogens is 227 g/mol. The topological polar surface area (TPSA) is 24.4 Å². The molecule has 9 heavy (non-hydrogen) atoms. The van der Waals surface area contributed by atoms with Gasteiger partial charge in [0, 0.05) is 6.20 Å². The molecule has 1 unspecified atom stereocenters. The number of hydrogen-bond donors (Lipinski definition) is 1. The average Bonchev–Trinajstić information content (AvgIpc) is 1.80. The molecule has 0 bridgehead atoms. The molecule has 1 N–H and O–H groups in total. The molecule has 5 heteroatoms. The van der Waals surface area contributed by atoms with E-state index in [2.05, 4.69) is 26.2 Å². The van der Waals surface area contributed by atoms with E-state index in [-0.39, 0.29) is 5.50 Å². The molecule has 0 aromatic carbocycles. The van der Waals surface area contributed by atoms with Gasteiger partial charge in [-0.1, -0.05) is 27.5 Å². The maximum atomic E-state index is 5.63. The first-order chi connectivity index (χ1) is 4.20. The van der Waals surface area contributed by atoms with Crippen molar-refractivity contribution in [1.29, 1.82) is 0 Å². The standard InChI is InChI=1S/C4H3BrCl2N2/c5-2-1-8-4(7)9-3(2)6/h1,3H,(H,8,9). The molecule has 1 aliphatic rings. The lowest BCUT2D eigenvalue weighted by molar-refractivity contribution is 1.05. The minimum Gasteiger partial charge on any atom is -0.336 e. The van der Waals surface area contributed by atoms with Crippen molar-refractivity contribution in [2.24, 2.45) is 4.99 Å². The van der Waals surface area contributed by atoms with Crippen LogP contribution in [0.2, 0.25) is 0 Å². The van der Waals surface area contributed by atoms with E-state index >= 15 is 0 Å². The highest BCUT2D eigenvalue weighted by atomic mass is 79.9. The van der Waals surface area contributed by atoms with Gasteiger partial charge in [0.15, 0.2) is 10.8 Å². The lowest BCUT2D eigenvalue weighted by Gasteiger charge is -2.09. The van der Waals surface area contributed by atoms with Crippen LogP contribution < -0.4 is 5.32 Å². The number of hydrogen-bond acceptors (Lipinski definition) is 2. The summed E-state index contributed by atoms with van der Waals surface area (Å²) in [4.78, 5) is 3.78. The molecule has 50 valence electrons. The van der Waals surface area contributed by atoms with Crippen LogP contribution in [0.5, 0.6) is 0 Å². The molecule has 2 nitrogen and oxygen atoms in total. The number of amidine groups is 1. The van der Waals surface area contributed by atoms with Gasteiger partial charge in [0.05, 0.1) is 4.48 Å². The first-order valence-corrected chi connectivity index (χ1v) is 3.80. The lowest BCUT2D eigenvalue weighted by atomic mass is 10.5. The van der Waals surface area contributed by atoms with Gasteiger partial charge < -0.3 is 5.32 Å². The van der Waals surface area contributed by atoms with Gasteiger partial charge in [-0.05, 0) is 11.6 Å². The first kappa shape index (κ1) is 7.38. The van der Waals surface area contributed by atoms with Gasteiger partial charge in [0.2, 0.25) is 0 Å². The Morgan fingerprint density at radius 2 is 2.44 bits per heavy atom. The molecule has 0 aliphatic carbocycles. The Morgan fingerprint density at radius 1 is 1.78 bits per heavy atom. The zero-order valence-electron chi connectivity index (χ0n) is 4.24. The second-order valence-electron chi connectivity index (χ2n) is 1.43. The fraction of sp³-hybridized carbons (Fsp3) is 0.250. The molecule has 1 heterocycles. The second-order valence-corrected chi connectivity index (χ2v) is 3.12. The maximum Gasteiger partial charge on any atom is 0.197 e. The molecule has 0 saturated heterocycles. The predicted molar refractivity (Wildman–Crippen MR) is 43.1 cm³/mol. The zero-order chi connectivity index (χ0) is 6.85. The van der Waals surface area contributed by atoms with E-state index < -0.39 is 0 Å². The molecule has 0 radical (unpaired) electrons. The summed E-state index contributed by atoms with van der Waals surface area (Å²) in [6.07, 6.45) is 1.66. The van der Waals surface area contributed by atoms with Crippen LogP contribution in [-0.4, -0.2) is 10.8 Å². The molecule has 0 aromatic rings. The van der Waals surface area contributed by atoms with E-state index in [4.69, 9.17) is 23.2 Å². The van der Waals surface area contributed by atoms with Gasteiger partial charge in [-0.15, -0.1) is 0 Å². The fourth-order valence-electron chi connectivity index (χ4n) is 0.396. The second kappa shape index (κ2) is 2.90. The predicted octanol–water partition coefficient (Wildman–Crippen LogP) is 1.99. The van der Waals surface area contributed by atoms with Gasteiger partial charge in [-0.2, -0.15) is 0 Å². The molecule has 1 aliphatic heterocycles. The van der Waals surface area contributed by atoms with E-state index in [0.717, 1.165) is 4.48 Å². The van der Waals surface area contributed by atoms with E-state index in [0.29, 0.717) is 5.29 Å².